The van der Waals surface area contributed by atoms with Gasteiger partial charge in [-0.05, 0) is 30.1 Å². The molecule has 1 fully saturated rings. The van der Waals surface area contributed by atoms with Gasteiger partial charge in [-0.25, -0.2) is 8.42 Å². The van der Waals surface area contributed by atoms with Gasteiger partial charge in [0, 0.05) is 60.9 Å². The Bertz CT molecular complexity index is 476. The second kappa shape index (κ2) is 24.6. The number of carbonyl (C=O) groups is 1. The molecule has 0 saturated carbocycles. The third kappa shape index (κ3) is 27.0. The predicted molar refractivity (Wildman–Crippen MR) is 142 cm³/mol. The molecule has 0 aromatic rings. The van der Waals surface area contributed by atoms with Crippen LogP contribution in [-0.4, -0.2) is 79.7 Å². The zero-order chi connectivity index (χ0) is 23.1. The number of nitrogens with two attached hydrogens (primary N) is 4. The SMILES string of the molecule is NCCSS(=O)(=O)CCN.NCCSSCCN.O=C(O)CCCCC1CCSS1. The summed E-state index contributed by atoms with van der Waals surface area (Å²) in [6.07, 6.45) is 4.76. The number of unbranched alkanes of at least 4 members (excludes halogenated alkanes) is 1. The standard InChI is InChI=1S/C8H14O2S2.C4H12N2O2S2.C4H12N2S2/c9-8(10)4-2-1-3-7-5-6-11-12-7;5-1-3-9-10(7,8)4-2-6;5-1-3-7-8-4-2-6/h7H,1-6H2,(H,9,10);1-6H2;1-6H2. The van der Waals surface area contributed by atoms with Crippen molar-refractivity contribution in [1.82, 2.24) is 0 Å². The second-order valence-corrected chi connectivity index (χ2v) is 15.7. The van der Waals surface area contributed by atoms with Gasteiger partial charge < -0.3 is 28.0 Å². The molecule has 0 amide bonds. The van der Waals surface area contributed by atoms with Crippen LogP contribution in [0.5, 0.6) is 0 Å². The molecule has 14 heteroatoms. The van der Waals surface area contributed by atoms with Crippen molar-refractivity contribution in [1.29, 1.82) is 0 Å². The Labute approximate surface area is 201 Å². The average molecular weight is 543 g/mol. The summed E-state index contributed by atoms with van der Waals surface area (Å²) in [5.41, 5.74) is 20.7. The Hall–Kier alpha value is 1.01. The van der Waals surface area contributed by atoms with Gasteiger partial charge in [0.2, 0.25) is 8.87 Å². The Kier molecular flexibility index (Phi) is 27.3. The Morgan fingerprint density at radius 1 is 0.967 bits per heavy atom. The quantitative estimate of drug-likeness (QED) is 0.150. The van der Waals surface area contributed by atoms with E-state index in [2.05, 4.69) is 0 Å². The smallest absolute Gasteiger partial charge is 0.303 e. The normalized spacial score (nSPS) is 15.7. The molecule has 1 heterocycles. The lowest BCUT2D eigenvalue weighted by Crippen LogP contribution is -2.14. The first-order valence-corrected chi connectivity index (χ1v) is 17.8. The highest BCUT2D eigenvalue weighted by Crippen LogP contribution is 2.39. The fraction of sp³-hybridized carbons (Fsp3) is 0.938. The van der Waals surface area contributed by atoms with E-state index in [4.69, 9.17) is 28.0 Å². The zero-order valence-electron chi connectivity index (χ0n) is 17.4. The molecule has 0 radical (unpaired) electrons. The molecule has 1 aliphatic heterocycles. The van der Waals surface area contributed by atoms with Gasteiger partial charge in [0.1, 0.15) is 0 Å². The summed E-state index contributed by atoms with van der Waals surface area (Å²) in [7, 11) is 5.38. The van der Waals surface area contributed by atoms with Crippen molar-refractivity contribution in [3.8, 4) is 0 Å². The summed E-state index contributed by atoms with van der Waals surface area (Å²) < 4.78 is 21.6. The van der Waals surface area contributed by atoms with Crippen molar-refractivity contribution >= 4 is 68.8 Å². The van der Waals surface area contributed by atoms with Crippen LogP contribution in [0.25, 0.3) is 0 Å². The molecule has 182 valence electrons. The van der Waals surface area contributed by atoms with Gasteiger partial charge in [0.25, 0.3) is 0 Å². The van der Waals surface area contributed by atoms with Gasteiger partial charge in [-0.2, -0.15) is 0 Å². The molecule has 0 aliphatic carbocycles. The predicted octanol–water partition coefficient (Wildman–Crippen LogP) is 2.04. The van der Waals surface area contributed by atoms with Crippen molar-refractivity contribution in [3.63, 3.8) is 0 Å². The molecule has 30 heavy (non-hydrogen) atoms. The third-order valence-electron chi connectivity index (χ3n) is 3.13. The van der Waals surface area contributed by atoms with Crippen molar-refractivity contribution in [3.05, 3.63) is 0 Å². The summed E-state index contributed by atoms with van der Waals surface area (Å²) in [6.45, 7) is 2.10. The van der Waals surface area contributed by atoms with Gasteiger partial charge in [0.15, 0.2) is 0 Å². The molecule has 8 nitrogen and oxygen atoms in total. The molecule has 0 spiro atoms. The molecule has 0 bridgehead atoms. The largest absolute Gasteiger partial charge is 0.481 e. The van der Waals surface area contributed by atoms with Gasteiger partial charge in [0.05, 0.1) is 5.75 Å². The lowest BCUT2D eigenvalue weighted by Gasteiger charge is -2.04. The van der Waals surface area contributed by atoms with Gasteiger partial charge in [-0.15, -0.1) is 0 Å². The Balaban J connectivity index is 0. The van der Waals surface area contributed by atoms with E-state index in [1.807, 2.05) is 21.6 Å². The second-order valence-electron chi connectivity index (χ2n) is 5.85. The summed E-state index contributed by atoms with van der Waals surface area (Å²) in [4.78, 5) is 10.2. The molecule has 0 aromatic carbocycles. The van der Waals surface area contributed by atoms with Crippen LogP contribution < -0.4 is 22.9 Å². The fourth-order valence-corrected chi connectivity index (χ4v) is 8.99. The van der Waals surface area contributed by atoms with Crippen LogP contribution in [0.15, 0.2) is 0 Å². The molecule has 9 N–H and O–H groups in total. The first kappa shape index (κ1) is 33.2. The highest BCUT2D eigenvalue weighted by atomic mass is 33.1. The Morgan fingerprint density at radius 3 is 2.00 bits per heavy atom. The van der Waals surface area contributed by atoms with Crippen molar-refractivity contribution in [2.24, 2.45) is 22.9 Å². The number of aliphatic carboxylic acids is 1. The monoisotopic (exact) mass is 542 g/mol. The topological polar surface area (TPSA) is 176 Å². The van der Waals surface area contributed by atoms with E-state index in [0.717, 1.165) is 53.5 Å². The summed E-state index contributed by atoms with van der Waals surface area (Å²) in [5, 5.41) is 9.19. The van der Waals surface area contributed by atoms with E-state index in [0.29, 0.717) is 18.7 Å². The van der Waals surface area contributed by atoms with Gasteiger partial charge in [-0.3, -0.25) is 4.79 Å². The minimum Gasteiger partial charge on any atom is -0.481 e. The van der Waals surface area contributed by atoms with Gasteiger partial charge >= 0.3 is 5.97 Å². The van der Waals surface area contributed by atoms with E-state index >= 15 is 0 Å². The molecular weight excluding hydrogens is 505 g/mol. The van der Waals surface area contributed by atoms with Crippen LogP contribution in [-0.2, 0) is 13.7 Å². The van der Waals surface area contributed by atoms with Crippen LogP contribution >= 0.6 is 54.0 Å². The van der Waals surface area contributed by atoms with E-state index in [-0.39, 0.29) is 12.3 Å². The van der Waals surface area contributed by atoms with Crippen LogP contribution in [0.2, 0.25) is 0 Å². The molecule has 1 saturated heterocycles. The van der Waals surface area contributed by atoms with Crippen LogP contribution in [0.3, 0.4) is 0 Å². The highest BCUT2D eigenvalue weighted by molar-refractivity contribution is 8.77. The van der Waals surface area contributed by atoms with Crippen LogP contribution in [0.1, 0.15) is 32.1 Å². The first-order valence-electron chi connectivity index (χ1n) is 9.74. The number of carboxylic acid groups (broad SMARTS) is 1. The minimum atomic E-state index is -2.98. The number of hydrogen-bond donors (Lipinski definition) is 5. The van der Waals surface area contributed by atoms with Crippen molar-refractivity contribution in [2.75, 3.05) is 54.9 Å². The van der Waals surface area contributed by atoms with Crippen LogP contribution in [0, 0.1) is 0 Å². The minimum absolute atomic E-state index is 0.0394. The number of carboxylic acids is 1. The van der Waals surface area contributed by atoms with E-state index < -0.39 is 14.8 Å². The molecule has 1 aliphatic rings. The maximum atomic E-state index is 10.8. The highest BCUT2D eigenvalue weighted by Gasteiger charge is 2.15. The fourth-order valence-electron chi connectivity index (χ4n) is 1.81. The molecule has 0 aromatic heterocycles. The maximum Gasteiger partial charge on any atom is 0.303 e. The molecule has 1 unspecified atom stereocenters. The maximum absolute atomic E-state index is 10.8. The lowest BCUT2D eigenvalue weighted by atomic mass is 10.1. The summed E-state index contributed by atoms with van der Waals surface area (Å²) in [5.74, 6) is 3.16. The molecule has 1 atom stereocenters. The van der Waals surface area contributed by atoms with E-state index in [1.165, 1.54) is 18.6 Å². The van der Waals surface area contributed by atoms with E-state index in [9.17, 15) is 13.2 Å². The van der Waals surface area contributed by atoms with Crippen molar-refractivity contribution in [2.45, 2.75) is 37.4 Å². The average Bonchev–Trinajstić information content (AvgIpc) is 3.22. The van der Waals surface area contributed by atoms with E-state index in [1.54, 1.807) is 21.6 Å². The number of rotatable bonds is 15. The van der Waals surface area contributed by atoms with Gasteiger partial charge in [-0.1, -0.05) is 49.6 Å². The molecular formula is C16H38N4O4S6. The summed E-state index contributed by atoms with van der Waals surface area (Å²) in [6, 6.07) is 0. The zero-order valence-corrected chi connectivity index (χ0v) is 22.3. The third-order valence-corrected chi connectivity index (χ3v) is 12.2. The number of hydrogen-bond acceptors (Lipinski definition) is 12. The molecule has 1 rings (SSSR count). The van der Waals surface area contributed by atoms with Crippen molar-refractivity contribution < 1.29 is 18.3 Å². The first-order chi connectivity index (χ1) is 14.3. The summed E-state index contributed by atoms with van der Waals surface area (Å²) >= 11 is 0. The lowest BCUT2D eigenvalue weighted by molar-refractivity contribution is -0.137. The van der Waals surface area contributed by atoms with Crippen LogP contribution in [0.4, 0.5) is 0 Å². The Morgan fingerprint density at radius 2 is 1.57 bits per heavy atom.